The predicted octanol–water partition coefficient (Wildman–Crippen LogP) is 5.24. The molecule has 0 spiro atoms. The van der Waals surface area contributed by atoms with Crippen molar-refractivity contribution in [1.29, 1.82) is 0 Å². The molecular weight excluding hydrogens is 351 g/mol. The average Bonchev–Trinajstić information content (AvgIpc) is 3.48. The maximum Gasteiger partial charge on any atom is 0.225 e. The molecule has 26 heavy (non-hydrogen) atoms. The van der Waals surface area contributed by atoms with Gasteiger partial charge in [-0.25, -0.2) is 9.37 Å². The third-order valence-corrected chi connectivity index (χ3v) is 5.06. The number of aromatic nitrogens is 2. The van der Waals surface area contributed by atoms with Crippen molar-refractivity contribution in [2.75, 3.05) is 10.6 Å². The van der Waals surface area contributed by atoms with Crippen LogP contribution in [0.5, 0.6) is 0 Å². The van der Waals surface area contributed by atoms with Gasteiger partial charge in [0.1, 0.15) is 11.6 Å². The summed E-state index contributed by atoms with van der Waals surface area (Å²) in [6.45, 7) is 2.45. The van der Waals surface area contributed by atoms with Crippen molar-refractivity contribution in [2.24, 2.45) is 5.92 Å². The smallest absolute Gasteiger partial charge is 0.225 e. The van der Waals surface area contributed by atoms with Crippen molar-refractivity contribution < 1.29 is 4.39 Å². The zero-order valence-corrected chi connectivity index (χ0v) is 15.2. The van der Waals surface area contributed by atoms with Crippen LogP contribution in [0.25, 0.3) is 10.9 Å². The highest BCUT2D eigenvalue weighted by atomic mass is 35.5. The Kier molecular flexibility index (Phi) is 4.64. The fourth-order valence-electron chi connectivity index (χ4n) is 3.05. The zero-order chi connectivity index (χ0) is 18.1. The van der Waals surface area contributed by atoms with Gasteiger partial charge in [-0.1, -0.05) is 35.9 Å². The van der Waals surface area contributed by atoms with Crippen LogP contribution in [-0.2, 0) is 6.54 Å². The number of nitrogens with zero attached hydrogens (tertiary/aromatic N) is 2. The summed E-state index contributed by atoms with van der Waals surface area (Å²) >= 11 is 5.85. The van der Waals surface area contributed by atoms with Crippen LogP contribution in [-0.4, -0.2) is 16.0 Å². The molecule has 0 aliphatic heterocycles. The number of benzene rings is 2. The molecular formula is C20H20ClFN4. The second-order valence-corrected chi connectivity index (χ2v) is 7.16. The molecule has 1 unspecified atom stereocenters. The van der Waals surface area contributed by atoms with E-state index >= 15 is 0 Å². The molecule has 0 amide bonds. The van der Waals surface area contributed by atoms with Crippen LogP contribution in [0.2, 0.25) is 5.02 Å². The first-order valence-corrected chi connectivity index (χ1v) is 9.19. The molecule has 1 heterocycles. The lowest BCUT2D eigenvalue weighted by atomic mass is 10.2. The maximum atomic E-state index is 14.1. The summed E-state index contributed by atoms with van der Waals surface area (Å²) in [7, 11) is 0. The molecule has 1 saturated carbocycles. The predicted molar refractivity (Wildman–Crippen MR) is 104 cm³/mol. The van der Waals surface area contributed by atoms with Crippen molar-refractivity contribution in [3.8, 4) is 0 Å². The van der Waals surface area contributed by atoms with Gasteiger partial charge in [0.15, 0.2) is 0 Å². The van der Waals surface area contributed by atoms with Crippen LogP contribution in [0.3, 0.4) is 0 Å². The lowest BCUT2D eigenvalue weighted by molar-refractivity contribution is 0.613. The van der Waals surface area contributed by atoms with Crippen molar-refractivity contribution >= 4 is 34.3 Å². The first-order chi connectivity index (χ1) is 12.6. The molecule has 134 valence electrons. The fourth-order valence-corrected chi connectivity index (χ4v) is 3.25. The number of rotatable bonds is 6. The van der Waals surface area contributed by atoms with Crippen molar-refractivity contribution in [3.63, 3.8) is 0 Å². The lowest BCUT2D eigenvalue weighted by Gasteiger charge is -2.16. The van der Waals surface area contributed by atoms with E-state index in [4.69, 9.17) is 11.6 Å². The fraction of sp³-hybridized carbons (Fsp3) is 0.300. The van der Waals surface area contributed by atoms with Gasteiger partial charge in [0.05, 0.1) is 10.5 Å². The number of hydrogen-bond acceptors (Lipinski definition) is 4. The van der Waals surface area contributed by atoms with Gasteiger partial charge in [-0.2, -0.15) is 4.98 Å². The van der Waals surface area contributed by atoms with Crippen LogP contribution in [0.1, 0.15) is 25.3 Å². The van der Waals surface area contributed by atoms with Crippen LogP contribution in [0.15, 0.2) is 42.5 Å². The second-order valence-electron chi connectivity index (χ2n) is 6.75. The average molecular weight is 371 g/mol. The van der Waals surface area contributed by atoms with E-state index in [0.717, 1.165) is 16.7 Å². The van der Waals surface area contributed by atoms with Crippen molar-refractivity contribution in [2.45, 2.75) is 32.4 Å². The van der Waals surface area contributed by atoms with Crippen LogP contribution < -0.4 is 10.6 Å². The Labute approximate surface area is 156 Å². The molecule has 3 aromatic rings. The minimum atomic E-state index is -0.414. The van der Waals surface area contributed by atoms with Gasteiger partial charge in [0.25, 0.3) is 0 Å². The highest BCUT2D eigenvalue weighted by Gasteiger charge is 2.28. The van der Waals surface area contributed by atoms with E-state index in [1.54, 1.807) is 12.1 Å². The van der Waals surface area contributed by atoms with Crippen molar-refractivity contribution in [1.82, 2.24) is 9.97 Å². The van der Waals surface area contributed by atoms with E-state index in [0.29, 0.717) is 23.5 Å². The molecule has 0 bridgehead atoms. The second kappa shape index (κ2) is 7.08. The molecule has 0 saturated heterocycles. The SMILES string of the molecule is CC(Nc1nc(NCc2cccc(Cl)c2F)nc2ccccc12)C1CC1. The third kappa shape index (κ3) is 3.58. The topological polar surface area (TPSA) is 49.8 Å². The van der Waals surface area contributed by atoms with Crippen LogP contribution >= 0.6 is 11.6 Å². The minimum absolute atomic E-state index is 0.115. The molecule has 1 fully saturated rings. The molecule has 4 rings (SSSR count). The van der Waals surface area contributed by atoms with Crippen LogP contribution in [0.4, 0.5) is 16.2 Å². The Bertz CT molecular complexity index is 942. The van der Waals surface area contributed by atoms with Gasteiger partial charge in [-0.05, 0) is 43.9 Å². The largest absolute Gasteiger partial charge is 0.367 e. The van der Waals surface area contributed by atoms with Crippen molar-refractivity contribution in [3.05, 3.63) is 58.9 Å². The monoisotopic (exact) mass is 370 g/mol. The minimum Gasteiger partial charge on any atom is -0.367 e. The Hall–Kier alpha value is -2.40. The molecule has 1 aromatic heterocycles. The highest BCUT2D eigenvalue weighted by Crippen LogP contribution is 2.34. The van der Waals surface area contributed by atoms with E-state index in [9.17, 15) is 4.39 Å². The molecule has 2 N–H and O–H groups in total. The van der Waals surface area contributed by atoms with Gasteiger partial charge in [-0.15, -0.1) is 0 Å². The summed E-state index contributed by atoms with van der Waals surface area (Å²) in [5.41, 5.74) is 1.33. The van der Waals surface area contributed by atoms with Gasteiger partial charge in [0.2, 0.25) is 5.95 Å². The molecule has 2 aromatic carbocycles. The molecule has 1 atom stereocenters. The summed E-state index contributed by atoms with van der Waals surface area (Å²) in [5.74, 6) is 1.57. The number of nitrogens with one attached hydrogen (secondary N) is 2. The highest BCUT2D eigenvalue weighted by molar-refractivity contribution is 6.30. The molecule has 6 heteroatoms. The molecule has 1 aliphatic carbocycles. The first-order valence-electron chi connectivity index (χ1n) is 8.82. The summed E-state index contributed by atoms with van der Waals surface area (Å²) in [6.07, 6.45) is 2.52. The van der Waals surface area contributed by atoms with Crippen LogP contribution in [0, 0.1) is 11.7 Å². The van der Waals surface area contributed by atoms with E-state index in [-0.39, 0.29) is 11.6 Å². The van der Waals surface area contributed by atoms with Gasteiger partial charge < -0.3 is 10.6 Å². The van der Waals surface area contributed by atoms with E-state index in [1.807, 2.05) is 24.3 Å². The summed E-state index contributed by atoms with van der Waals surface area (Å²) in [4.78, 5) is 9.18. The Balaban J connectivity index is 1.61. The Morgan fingerprint density at radius 2 is 1.96 bits per heavy atom. The Morgan fingerprint density at radius 1 is 1.15 bits per heavy atom. The zero-order valence-electron chi connectivity index (χ0n) is 14.5. The number of para-hydroxylation sites is 1. The maximum absolute atomic E-state index is 14.1. The number of halogens is 2. The van der Waals surface area contributed by atoms with Gasteiger partial charge >= 0.3 is 0 Å². The number of fused-ring (bicyclic) bond motifs is 1. The quantitative estimate of drug-likeness (QED) is 0.622. The molecule has 4 nitrogen and oxygen atoms in total. The Morgan fingerprint density at radius 3 is 2.77 bits per heavy atom. The molecule has 1 aliphatic rings. The standard InChI is InChI=1S/C20H20ClFN4/c1-12(13-9-10-13)24-19-15-6-2-3-8-17(15)25-20(26-19)23-11-14-5-4-7-16(21)18(14)22/h2-8,12-13H,9-11H2,1H3,(H2,23,24,25,26). The van der Waals surface area contributed by atoms with E-state index in [2.05, 4.69) is 27.5 Å². The number of hydrogen-bond donors (Lipinski definition) is 2. The third-order valence-electron chi connectivity index (χ3n) is 4.77. The van der Waals surface area contributed by atoms with Gasteiger partial charge in [0, 0.05) is 23.5 Å². The first kappa shape index (κ1) is 17.0. The summed E-state index contributed by atoms with van der Waals surface area (Å²) in [6, 6.07) is 13.2. The van der Waals surface area contributed by atoms with E-state index in [1.165, 1.54) is 18.9 Å². The van der Waals surface area contributed by atoms with Gasteiger partial charge in [-0.3, -0.25) is 0 Å². The summed E-state index contributed by atoms with van der Waals surface area (Å²) in [5, 5.41) is 7.74. The van der Waals surface area contributed by atoms with E-state index < -0.39 is 5.82 Å². The number of anilines is 2. The normalized spacial score (nSPS) is 15.0. The lowest BCUT2D eigenvalue weighted by Crippen LogP contribution is -2.19. The molecule has 0 radical (unpaired) electrons. The summed E-state index contributed by atoms with van der Waals surface area (Å²) < 4.78 is 14.1.